The molecule has 1 aliphatic heterocycles. The molecular weight excluding hydrogens is 584 g/mol. The predicted octanol–water partition coefficient (Wildman–Crippen LogP) is 6.48. The molecule has 3 aromatic rings. The lowest BCUT2D eigenvalue weighted by Gasteiger charge is -2.46. The van der Waals surface area contributed by atoms with Crippen molar-refractivity contribution in [1.29, 1.82) is 0 Å². The van der Waals surface area contributed by atoms with Gasteiger partial charge in [-0.2, -0.15) is 0 Å². The summed E-state index contributed by atoms with van der Waals surface area (Å²) in [5, 5.41) is 2.60. The number of cyclic esters (lactones) is 1. The second kappa shape index (κ2) is 14.6. The van der Waals surface area contributed by atoms with E-state index in [1.165, 1.54) is 4.90 Å². The SMILES string of the molecule is CC(C)(C)OC(=O)NC(C[C@@H]1C(=O)O[C@@H](c2ccccc2)[C@@H](c2ccccc2)N1C(=O)CCc1ccccc1)C(=O)OC(C)(C)C. The van der Waals surface area contributed by atoms with Crippen LogP contribution in [0.4, 0.5) is 4.79 Å². The maximum absolute atomic E-state index is 14.4. The van der Waals surface area contributed by atoms with Crippen LogP contribution in [0.25, 0.3) is 0 Å². The van der Waals surface area contributed by atoms with E-state index in [2.05, 4.69) is 5.32 Å². The molecule has 0 aliphatic carbocycles. The van der Waals surface area contributed by atoms with Crippen LogP contribution in [0.2, 0.25) is 0 Å². The molecule has 1 N–H and O–H groups in total. The third kappa shape index (κ3) is 9.42. The second-order valence-corrected chi connectivity index (χ2v) is 13.4. The zero-order valence-electron chi connectivity index (χ0n) is 27.4. The molecule has 9 nitrogen and oxygen atoms in total. The summed E-state index contributed by atoms with van der Waals surface area (Å²) in [6, 6.07) is 25.0. The highest BCUT2D eigenvalue weighted by molar-refractivity contribution is 5.88. The number of hydrogen-bond acceptors (Lipinski definition) is 7. The van der Waals surface area contributed by atoms with Crippen molar-refractivity contribution in [1.82, 2.24) is 10.2 Å². The summed E-state index contributed by atoms with van der Waals surface area (Å²) in [6.45, 7) is 10.2. The van der Waals surface area contributed by atoms with Crippen molar-refractivity contribution >= 4 is 23.9 Å². The van der Waals surface area contributed by atoms with Crippen molar-refractivity contribution in [2.45, 2.75) is 96.2 Å². The Balaban J connectivity index is 1.77. The fourth-order valence-corrected chi connectivity index (χ4v) is 5.42. The number of alkyl carbamates (subject to hydrolysis) is 1. The highest BCUT2D eigenvalue weighted by atomic mass is 16.6. The Morgan fingerprint density at radius 3 is 1.85 bits per heavy atom. The van der Waals surface area contributed by atoms with E-state index in [1.807, 2.05) is 91.0 Å². The molecule has 0 bridgehead atoms. The lowest BCUT2D eigenvalue weighted by molar-refractivity contribution is -0.183. The molecule has 4 rings (SSSR count). The van der Waals surface area contributed by atoms with Gasteiger partial charge in [-0.1, -0.05) is 91.0 Å². The van der Waals surface area contributed by atoms with Gasteiger partial charge in [-0.15, -0.1) is 0 Å². The van der Waals surface area contributed by atoms with E-state index < -0.39 is 53.5 Å². The van der Waals surface area contributed by atoms with E-state index in [-0.39, 0.29) is 18.7 Å². The van der Waals surface area contributed by atoms with Gasteiger partial charge in [-0.3, -0.25) is 4.79 Å². The number of benzene rings is 3. The average molecular weight is 629 g/mol. The minimum absolute atomic E-state index is 0.106. The number of amides is 2. The summed E-state index contributed by atoms with van der Waals surface area (Å²) >= 11 is 0. The Morgan fingerprint density at radius 2 is 1.30 bits per heavy atom. The predicted molar refractivity (Wildman–Crippen MR) is 173 cm³/mol. The molecule has 244 valence electrons. The van der Waals surface area contributed by atoms with Gasteiger partial charge in [0.05, 0.1) is 6.04 Å². The molecule has 1 heterocycles. The summed E-state index contributed by atoms with van der Waals surface area (Å²) in [7, 11) is 0. The smallest absolute Gasteiger partial charge is 0.408 e. The first-order chi connectivity index (χ1) is 21.7. The highest BCUT2D eigenvalue weighted by Gasteiger charge is 2.49. The van der Waals surface area contributed by atoms with E-state index in [4.69, 9.17) is 14.2 Å². The van der Waals surface area contributed by atoms with Crippen LogP contribution in [0.1, 0.15) is 83.2 Å². The molecule has 1 unspecified atom stereocenters. The van der Waals surface area contributed by atoms with Gasteiger partial charge in [-0.05, 0) is 64.7 Å². The van der Waals surface area contributed by atoms with Crippen LogP contribution in [-0.2, 0) is 35.0 Å². The number of esters is 2. The Hall–Kier alpha value is -4.66. The number of nitrogens with zero attached hydrogens (tertiary/aromatic N) is 1. The molecule has 2 amide bonds. The molecule has 0 radical (unpaired) electrons. The lowest BCUT2D eigenvalue weighted by atomic mass is 9.89. The minimum atomic E-state index is -1.32. The quantitative estimate of drug-likeness (QED) is 0.213. The summed E-state index contributed by atoms with van der Waals surface area (Å²) in [5.74, 6) is -1.74. The summed E-state index contributed by atoms with van der Waals surface area (Å²) in [5.41, 5.74) is 0.734. The van der Waals surface area contributed by atoms with Gasteiger partial charge in [0.1, 0.15) is 23.3 Å². The van der Waals surface area contributed by atoms with Crippen LogP contribution in [0.5, 0.6) is 0 Å². The maximum Gasteiger partial charge on any atom is 0.408 e. The third-order valence-corrected chi connectivity index (χ3v) is 7.31. The Bertz CT molecular complexity index is 1480. The third-order valence-electron chi connectivity index (χ3n) is 7.31. The van der Waals surface area contributed by atoms with Crippen LogP contribution in [0.3, 0.4) is 0 Å². The number of ether oxygens (including phenoxy) is 3. The lowest BCUT2D eigenvalue weighted by Crippen LogP contribution is -2.58. The van der Waals surface area contributed by atoms with Crippen LogP contribution < -0.4 is 5.32 Å². The van der Waals surface area contributed by atoms with E-state index >= 15 is 0 Å². The first-order valence-corrected chi connectivity index (χ1v) is 15.6. The summed E-state index contributed by atoms with van der Waals surface area (Å²) in [4.78, 5) is 56.3. The summed E-state index contributed by atoms with van der Waals surface area (Å²) in [6.07, 6.45) is -1.39. The topological polar surface area (TPSA) is 111 Å². The Morgan fingerprint density at radius 1 is 0.783 bits per heavy atom. The van der Waals surface area contributed by atoms with Gasteiger partial charge in [0.2, 0.25) is 5.91 Å². The van der Waals surface area contributed by atoms with Crippen molar-refractivity contribution < 1.29 is 33.4 Å². The van der Waals surface area contributed by atoms with Gasteiger partial charge < -0.3 is 24.4 Å². The van der Waals surface area contributed by atoms with Gasteiger partial charge in [0.25, 0.3) is 0 Å². The molecule has 9 heteroatoms. The molecule has 0 aromatic heterocycles. The van der Waals surface area contributed by atoms with Crippen molar-refractivity contribution in [3.05, 3.63) is 108 Å². The van der Waals surface area contributed by atoms with Gasteiger partial charge in [0.15, 0.2) is 6.10 Å². The number of rotatable bonds is 9. The maximum atomic E-state index is 14.4. The zero-order chi connectivity index (χ0) is 33.5. The molecular formula is C37H44N2O7. The zero-order valence-corrected chi connectivity index (χ0v) is 27.4. The molecule has 1 fully saturated rings. The number of nitrogens with one attached hydrogen (secondary N) is 1. The van der Waals surface area contributed by atoms with Crippen molar-refractivity contribution in [2.24, 2.45) is 0 Å². The van der Waals surface area contributed by atoms with Gasteiger partial charge in [0, 0.05) is 12.8 Å². The standard InChI is InChI=1S/C37H44N2O7/c1-36(2,3)45-33(41)28(38-35(43)46-37(4,5)6)24-29-34(42)44-32(27-20-14-9-15-21-27)31(26-18-12-8-13-19-26)39(29)30(40)23-22-25-16-10-7-11-17-25/h7-21,28-29,31-32H,22-24H2,1-6H3,(H,38,43)/t28?,29-,31-,32+/m1/s1. The molecule has 0 spiro atoms. The number of carbonyl (C=O) groups excluding carboxylic acids is 4. The molecule has 1 aliphatic rings. The Labute approximate surface area is 271 Å². The van der Waals surface area contributed by atoms with E-state index in [0.717, 1.165) is 16.7 Å². The van der Waals surface area contributed by atoms with Crippen molar-refractivity contribution in [2.75, 3.05) is 0 Å². The normalized spacial score (nSPS) is 19.0. The van der Waals surface area contributed by atoms with Crippen molar-refractivity contribution in [3.63, 3.8) is 0 Å². The van der Waals surface area contributed by atoms with E-state index in [0.29, 0.717) is 6.42 Å². The first kappa shape index (κ1) is 34.2. The molecule has 1 saturated heterocycles. The highest BCUT2D eigenvalue weighted by Crippen LogP contribution is 2.43. The molecule has 4 atom stereocenters. The van der Waals surface area contributed by atoms with Crippen LogP contribution in [0.15, 0.2) is 91.0 Å². The number of carbonyl (C=O) groups is 4. The monoisotopic (exact) mass is 628 g/mol. The molecule has 0 saturated carbocycles. The first-order valence-electron chi connectivity index (χ1n) is 15.6. The van der Waals surface area contributed by atoms with Crippen molar-refractivity contribution in [3.8, 4) is 0 Å². The van der Waals surface area contributed by atoms with E-state index in [1.54, 1.807) is 41.5 Å². The summed E-state index contributed by atoms with van der Waals surface area (Å²) < 4.78 is 17.2. The van der Waals surface area contributed by atoms with Gasteiger partial charge >= 0.3 is 18.0 Å². The minimum Gasteiger partial charge on any atom is -0.458 e. The largest absolute Gasteiger partial charge is 0.458 e. The van der Waals surface area contributed by atoms with E-state index in [9.17, 15) is 19.2 Å². The number of morpholine rings is 1. The van der Waals surface area contributed by atoms with Crippen LogP contribution in [-0.4, -0.2) is 52.1 Å². The molecule has 46 heavy (non-hydrogen) atoms. The van der Waals surface area contributed by atoms with Gasteiger partial charge in [-0.25, -0.2) is 14.4 Å². The fraction of sp³-hybridized carbons (Fsp3) is 0.405. The number of hydrogen-bond donors (Lipinski definition) is 1. The second-order valence-electron chi connectivity index (χ2n) is 13.4. The Kier molecular flexibility index (Phi) is 10.9. The van der Waals surface area contributed by atoms with Crippen LogP contribution in [0, 0.1) is 0 Å². The number of aryl methyl sites for hydroxylation is 1. The molecule has 3 aromatic carbocycles. The fourth-order valence-electron chi connectivity index (χ4n) is 5.42. The van der Waals surface area contributed by atoms with Crippen LogP contribution >= 0.6 is 0 Å². The average Bonchev–Trinajstić information content (AvgIpc) is 2.99.